The molecule has 0 radical (unpaired) electrons. The molecule has 0 bridgehead atoms. The highest BCUT2D eigenvalue weighted by Crippen LogP contribution is 2.44. The molecule has 1 aromatic heterocycles. The van der Waals surface area contributed by atoms with Crippen molar-refractivity contribution in [2.45, 2.75) is 45.6 Å². The van der Waals surface area contributed by atoms with Gasteiger partial charge >= 0.3 is 0 Å². The zero-order chi connectivity index (χ0) is 14.4. The Balaban J connectivity index is 1.96. The van der Waals surface area contributed by atoms with Gasteiger partial charge in [0.15, 0.2) is 5.13 Å². The summed E-state index contributed by atoms with van der Waals surface area (Å²) in [5.41, 5.74) is 1.34. The van der Waals surface area contributed by atoms with Crippen molar-refractivity contribution >= 4 is 16.5 Å². The smallest absolute Gasteiger partial charge is 0.185 e. The molecule has 0 aromatic carbocycles. The highest BCUT2D eigenvalue weighted by atomic mass is 32.1. The van der Waals surface area contributed by atoms with Gasteiger partial charge in [-0.15, -0.1) is 11.3 Å². The number of aromatic nitrogens is 1. The number of ether oxygens (including phenoxy) is 1. The molecular formula is C15H27N3OS. The Bertz CT molecular complexity index is 404. The summed E-state index contributed by atoms with van der Waals surface area (Å²) in [5.74, 6) is 0.721. The molecule has 0 spiro atoms. The van der Waals surface area contributed by atoms with E-state index in [1.165, 1.54) is 29.8 Å². The first-order chi connectivity index (χ1) is 9.76. The third-order valence-electron chi connectivity index (χ3n) is 3.49. The van der Waals surface area contributed by atoms with Crippen molar-refractivity contribution in [1.29, 1.82) is 0 Å². The minimum atomic E-state index is 0.721. The van der Waals surface area contributed by atoms with Crippen molar-refractivity contribution in [2.24, 2.45) is 0 Å². The number of likely N-dealkylation sites (N-methyl/N-ethyl adjacent to an activating group) is 1. The van der Waals surface area contributed by atoms with Crippen LogP contribution in [0.15, 0.2) is 0 Å². The van der Waals surface area contributed by atoms with E-state index in [9.17, 15) is 0 Å². The van der Waals surface area contributed by atoms with Crippen molar-refractivity contribution in [1.82, 2.24) is 10.3 Å². The Labute approximate surface area is 126 Å². The molecule has 0 aliphatic heterocycles. The summed E-state index contributed by atoms with van der Waals surface area (Å²) in [4.78, 5) is 8.53. The topological polar surface area (TPSA) is 37.4 Å². The van der Waals surface area contributed by atoms with Gasteiger partial charge in [0, 0.05) is 37.5 Å². The van der Waals surface area contributed by atoms with Crippen LogP contribution in [0.3, 0.4) is 0 Å². The molecule has 4 nitrogen and oxygen atoms in total. The van der Waals surface area contributed by atoms with E-state index in [-0.39, 0.29) is 0 Å². The van der Waals surface area contributed by atoms with E-state index in [4.69, 9.17) is 9.72 Å². The van der Waals surface area contributed by atoms with Crippen LogP contribution in [-0.4, -0.2) is 38.3 Å². The molecule has 1 aliphatic rings. The first-order valence-corrected chi connectivity index (χ1v) is 8.57. The van der Waals surface area contributed by atoms with E-state index in [0.717, 1.165) is 43.9 Å². The zero-order valence-electron chi connectivity index (χ0n) is 12.9. The maximum atomic E-state index is 5.42. The first-order valence-electron chi connectivity index (χ1n) is 7.75. The fraction of sp³-hybridized carbons (Fsp3) is 0.800. The minimum absolute atomic E-state index is 0.721. The molecule has 114 valence electrons. The van der Waals surface area contributed by atoms with E-state index >= 15 is 0 Å². The lowest BCUT2D eigenvalue weighted by molar-refractivity contribution is 0.154. The van der Waals surface area contributed by atoms with Crippen LogP contribution in [0.4, 0.5) is 5.13 Å². The quantitative estimate of drug-likeness (QED) is 0.674. The number of thiazole rings is 1. The molecule has 0 saturated heterocycles. The summed E-state index contributed by atoms with van der Waals surface area (Å²) in [6, 6.07) is 0. The average molecular weight is 297 g/mol. The van der Waals surface area contributed by atoms with Gasteiger partial charge < -0.3 is 15.0 Å². The van der Waals surface area contributed by atoms with E-state index in [2.05, 4.69) is 24.2 Å². The van der Waals surface area contributed by atoms with Crippen LogP contribution < -0.4 is 10.2 Å². The lowest BCUT2D eigenvalue weighted by Crippen LogP contribution is -2.22. The summed E-state index contributed by atoms with van der Waals surface area (Å²) in [6.07, 6.45) is 3.80. The number of nitrogens with zero attached hydrogens (tertiary/aromatic N) is 2. The number of rotatable bonds is 10. The predicted octanol–water partition coefficient (Wildman–Crippen LogP) is 2.99. The number of hydrogen-bond donors (Lipinski definition) is 1. The van der Waals surface area contributed by atoms with Crippen molar-refractivity contribution in [3.63, 3.8) is 0 Å². The fourth-order valence-corrected chi connectivity index (χ4v) is 3.24. The lowest BCUT2D eigenvalue weighted by Gasteiger charge is -2.15. The third-order valence-corrected chi connectivity index (χ3v) is 4.68. The van der Waals surface area contributed by atoms with Crippen LogP contribution >= 0.6 is 11.3 Å². The van der Waals surface area contributed by atoms with Gasteiger partial charge in [-0.3, -0.25) is 0 Å². The van der Waals surface area contributed by atoms with Crippen LogP contribution in [0.5, 0.6) is 0 Å². The van der Waals surface area contributed by atoms with E-state index in [0.29, 0.717) is 0 Å². The Morgan fingerprint density at radius 3 is 2.85 bits per heavy atom. The van der Waals surface area contributed by atoms with Crippen molar-refractivity contribution < 1.29 is 4.74 Å². The summed E-state index contributed by atoms with van der Waals surface area (Å²) < 4.78 is 5.42. The molecule has 1 heterocycles. The van der Waals surface area contributed by atoms with Crippen LogP contribution in [0.1, 0.15) is 49.6 Å². The average Bonchev–Trinajstić information content (AvgIpc) is 3.20. The third kappa shape index (κ3) is 4.43. The number of nitrogens with one attached hydrogen (secondary N) is 1. The fourth-order valence-electron chi connectivity index (χ4n) is 2.14. The predicted molar refractivity (Wildman–Crippen MR) is 85.8 cm³/mol. The minimum Gasteiger partial charge on any atom is -0.380 e. The highest BCUT2D eigenvalue weighted by molar-refractivity contribution is 7.15. The standard InChI is InChI=1S/C15H27N3OS/c1-4-8-16-11-13-14(12-6-7-12)17-15(20-13)18(3)9-10-19-5-2/h12,16H,4-11H2,1-3H3. The van der Waals surface area contributed by atoms with Gasteiger partial charge in [-0.25, -0.2) is 4.98 Å². The van der Waals surface area contributed by atoms with Gasteiger partial charge in [0.2, 0.25) is 0 Å². The first kappa shape index (κ1) is 15.7. The summed E-state index contributed by atoms with van der Waals surface area (Å²) >= 11 is 1.84. The molecule has 0 atom stereocenters. The maximum absolute atomic E-state index is 5.42. The van der Waals surface area contributed by atoms with Gasteiger partial charge in [0.25, 0.3) is 0 Å². The van der Waals surface area contributed by atoms with Crippen LogP contribution in [0.2, 0.25) is 0 Å². The molecular weight excluding hydrogens is 270 g/mol. The Morgan fingerprint density at radius 1 is 1.40 bits per heavy atom. The molecule has 0 amide bonds. The van der Waals surface area contributed by atoms with Crippen LogP contribution in [0.25, 0.3) is 0 Å². The van der Waals surface area contributed by atoms with Crippen molar-refractivity contribution in [3.8, 4) is 0 Å². The van der Waals surface area contributed by atoms with Crippen LogP contribution in [-0.2, 0) is 11.3 Å². The maximum Gasteiger partial charge on any atom is 0.185 e. The summed E-state index contributed by atoms with van der Waals surface area (Å²) in [5, 5.41) is 4.64. The Hall–Kier alpha value is -0.650. The normalized spacial score (nSPS) is 14.8. The second kappa shape index (κ2) is 7.96. The molecule has 1 fully saturated rings. The second-order valence-electron chi connectivity index (χ2n) is 5.37. The van der Waals surface area contributed by atoms with Crippen molar-refractivity contribution in [3.05, 3.63) is 10.6 Å². The molecule has 1 aromatic rings. The lowest BCUT2D eigenvalue weighted by atomic mass is 10.2. The molecule has 1 saturated carbocycles. The number of anilines is 1. The van der Waals surface area contributed by atoms with Crippen LogP contribution in [0, 0.1) is 0 Å². The van der Waals surface area contributed by atoms with Gasteiger partial charge in [0.05, 0.1) is 12.3 Å². The zero-order valence-corrected chi connectivity index (χ0v) is 13.8. The largest absolute Gasteiger partial charge is 0.380 e. The Kier molecular flexibility index (Phi) is 6.26. The molecule has 5 heteroatoms. The van der Waals surface area contributed by atoms with Crippen molar-refractivity contribution in [2.75, 3.05) is 38.3 Å². The molecule has 20 heavy (non-hydrogen) atoms. The second-order valence-corrected chi connectivity index (χ2v) is 6.44. The Morgan fingerprint density at radius 2 is 2.20 bits per heavy atom. The number of hydrogen-bond acceptors (Lipinski definition) is 5. The summed E-state index contributed by atoms with van der Waals surface area (Å²) in [6.45, 7) is 8.75. The monoisotopic (exact) mass is 297 g/mol. The van der Waals surface area contributed by atoms with E-state index in [1.807, 2.05) is 18.3 Å². The van der Waals surface area contributed by atoms with Gasteiger partial charge in [-0.1, -0.05) is 6.92 Å². The molecule has 2 rings (SSSR count). The molecule has 1 N–H and O–H groups in total. The summed E-state index contributed by atoms with van der Waals surface area (Å²) in [7, 11) is 2.11. The SMILES string of the molecule is CCCNCc1sc(N(C)CCOCC)nc1C1CC1. The molecule has 1 aliphatic carbocycles. The van der Waals surface area contributed by atoms with Gasteiger partial charge in [-0.05, 0) is 32.7 Å². The van der Waals surface area contributed by atoms with E-state index < -0.39 is 0 Å². The van der Waals surface area contributed by atoms with Gasteiger partial charge in [0.1, 0.15) is 0 Å². The van der Waals surface area contributed by atoms with Gasteiger partial charge in [-0.2, -0.15) is 0 Å². The van der Waals surface area contributed by atoms with E-state index in [1.54, 1.807) is 0 Å². The highest BCUT2D eigenvalue weighted by Gasteiger charge is 2.30. The molecule has 0 unspecified atom stereocenters.